The summed E-state index contributed by atoms with van der Waals surface area (Å²) in [6.07, 6.45) is -4.38. The lowest BCUT2D eigenvalue weighted by molar-refractivity contribution is -0.137. The lowest BCUT2D eigenvalue weighted by Crippen LogP contribution is -2.04. The second-order valence-electron chi connectivity index (χ2n) is 3.58. The Hall–Kier alpha value is -1.98. The number of phenolic OH excluding ortho intramolecular Hbond substituents is 1. The van der Waals surface area contributed by atoms with Gasteiger partial charge in [0.2, 0.25) is 0 Å². The molecule has 0 saturated heterocycles. The summed E-state index contributed by atoms with van der Waals surface area (Å²) in [5.41, 5.74) is -0.219. The van der Waals surface area contributed by atoms with Gasteiger partial charge in [-0.25, -0.2) is 4.79 Å². The van der Waals surface area contributed by atoms with Crippen molar-refractivity contribution in [3.05, 3.63) is 41.5 Å². The van der Waals surface area contributed by atoms with Crippen LogP contribution in [0.5, 0.6) is 5.75 Å². The SMILES string of the molecule is C=C(C)C(=O)O.Cc1ccc(C(F)(F)F)cc1O. The van der Waals surface area contributed by atoms with Gasteiger partial charge in [0.25, 0.3) is 0 Å². The molecule has 0 saturated carbocycles. The Balaban J connectivity index is 0.000000411. The molecule has 3 nitrogen and oxygen atoms in total. The number of phenols is 1. The molecule has 0 unspecified atom stereocenters. The Morgan fingerprint density at radius 2 is 1.78 bits per heavy atom. The minimum Gasteiger partial charge on any atom is -0.508 e. The van der Waals surface area contributed by atoms with Crippen LogP contribution in [0.25, 0.3) is 0 Å². The number of carbonyl (C=O) groups is 1. The van der Waals surface area contributed by atoms with Gasteiger partial charge in [0, 0.05) is 5.57 Å². The predicted octanol–water partition coefficient (Wildman–Crippen LogP) is 3.37. The Morgan fingerprint density at radius 1 is 1.33 bits per heavy atom. The normalized spacial score (nSPS) is 10.3. The van der Waals surface area contributed by atoms with Gasteiger partial charge in [0.05, 0.1) is 5.56 Å². The molecule has 0 fully saturated rings. The summed E-state index contributed by atoms with van der Waals surface area (Å²) in [6.45, 7) is 6.14. The van der Waals surface area contributed by atoms with Crippen molar-refractivity contribution < 1.29 is 28.2 Å². The predicted molar refractivity (Wildman–Crippen MR) is 60.3 cm³/mol. The molecule has 0 bridgehead atoms. The van der Waals surface area contributed by atoms with Gasteiger partial charge in [0.15, 0.2) is 0 Å². The molecule has 100 valence electrons. The van der Waals surface area contributed by atoms with Crippen molar-refractivity contribution >= 4 is 5.97 Å². The Morgan fingerprint density at radius 3 is 2.06 bits per heavy atom. The maximum absolute atomic E-state index is 12.0. The summed E-state index contributed by atoms with van der Waals surface area (Å²) in [6, 6.07) is 2.89. The number of aliphatic carboxylic acids is 1. The van der Waals surface area contributed by atoms with Gasteiger partial charge in [-0.05, 0) is 31.5 Å². The van der Waals surface area contributed by atoms with Crippen molar-refractivity contribution in [3.63, 3.8) is 0 Å². The fourth-order valence-corrected chi connectivity index (χ4v) is 0.786. The molecule has 1 rings (SSSR count). The molecular weight excluding hydrogens is 249 g/mol. The van der Waals surface area contributed by atoms with E-state index in [4.69, 9.17) is 10.2 Å². The Labute approximate surface area is 102 Å². The average Bonchev–Trinajstić information content (AvgIpc) is 2.21. The number of aromatic hydroxyl groups is 1. The monoisotopic (exact) mass is 262 g/mol. The van der Waals surface area contributed by atoms with Crippen LogP contribution in [0.3, 0.4) is 0 Å². The third-order valence-electron chi connectivity index (χ3n) is 1.90. The van der Waals surface area contributed by atoms with E-state index in [-0.39, 0.29) is 11.3 Å². The number of carboxylic acid groups (broad SMARTS) is 1. The van der Waals surface area contributed by atoms with Crippen LogP contribution in [-0.4, -0.2) is 16.2 Å². The molecule has 0 aliphatic rings. The first-order chi connectivity index (χ1) is 8.05. The summed E-state index contributed by atoms with van der Waals surface area (Å²) < 4.78 is 36.0. The number of hydrogen-bond acceptors (Lipinski definition) is 2. The Bertz CT molecular complexity index is 438. The maximum atomic E-state index is 12.0. The van der Waals surface area contributed by atoms with Crippen molar-refractivity contribution in [2.75, 3.05) is 0 Å². The molecule has 0 atom stereocenters. The number of rotatable bonds is 1. The minimum absolute atomic E-state index is 0.176. The molecule has 2 N–H and O–H groups in total. The zero-order valence-electron chi connectivity index (χ0n) is 9.88. The molecule has 0 aromatic heterocycles. The maximum Gasteiger partial charge on any atom is 0.416 e. The molecule has 18 heavy (non-hydrogen) atoms. The second kappa shape index (κ2) is 6.09. The lowest BCUT2D eigenvalue weighted by atomic mass is 10.1. The molecule has 0 aliphatic heterocycles. The van der Waals surface area contributed by atoms with E-state index in [2.05, 4.69) is 6.58 Å². The third kappa shape index (κ3) is 5.38. The molecule has 6 heteroatoms. The highest BCUT2D eigenvalue weighted by Crippen LogP contribution is 2.32. The number of aryl methyl sites for hydroxylation is 1. The van der Waals surface area contributed by atoms with Crippen LogP contribution >= 0.6 is 0 Å². The van der Waals surface area contributed by atoms with Crippen LogP contribution in [0.1, 0.15) is 18.1 Å². The van der Waals surface area contributed by atoms with E-state index in [0.29, 0.717) is 5.56 Å². The van der Waals surface area contributed by atoms with Crippen LogP contribution in [0, 0.1) is 6.92 Å². The topological polar surface area (TPSA) is 57.5 Å². The van der Waals surface area contributed by atoms with Crippen molar-refractivity contribution in [2.45, 2.75) is 20.0 Å². The first-order valence-electron chi connectivity index (χ1n) is 4.81. The Kier molecular flexibility index (Phi) is 5.42. The molecule has 0 heterocycles. The summed E-state index contributed by atoms with van der Waals surface area (Å²) in [7, 11) is 0. The molecular formula is C12H13F3O3. The standard InChI is InChI=1S/C8H7F3O.C4H6O2/c1-5-2-3-6(4-7(5)12)8(9,10)11;1-3(2)4(5)6/h2-4,12H,1H3;1H2,2H3,(H,5,6). The van der Waals surface area contributed by atoms with E-state index in [1.807, 2.05) is 0 Å². The number of alkyl halides is 3. The highest BCUT2D eigenvalue weighted by molar-refractivity contribution is 5.84. The molecule has 0 radical (unpaired) electrons. The quantitative estimate of drug-likeness (QED) is 0.763. The van der Waals surface area contributed by atoms with Gasteiger partial charge < -0.3 is 10.2 Å². The number of carboxylic acids is 1. The van der Waals surface area contributed by atoms with Crippen LogP contribution < -0.4 is 0 Å². The summed E-state index contributed by atoms with van der Waals surface area (Å²) in [5.74, 6) is -1.26. The van der Waals surface area contributed by atoms with E-state index in [1.54, 1.807) is 0 Å². The smallest absolute Gasteiger partial charge is 0.416 e. The van der Waals surface area contributed by atoms with E-state index >= 15 is 0 Å². The highest BCUT2D eigenvalue weighted by Gasteiger charge is 2.30. The van der Waals surface area contributed by atoms with Gasteiger partial charge in [-0.1, -0.05) is 12.6 Å². The van der Waals surface area contributed by atoms with E-state index in [1.165, 1.54) is 19.9 Å². The first kappa shape index (κ1) is 16.0. The summed E-state index contributed by atoms with van der Waals surface area (Å²) >= 11 is 0. The van der Waals surface area contributed by atoms with Crippen LogP contribution in [0.15, 0.2) is 30.4 Å². The molecule has 1 aromatic carbocycles. The minimum atomic E-state index is -4.38. The second-order valence-corrected chi connectivity index (χ2v) is 3.58. The van der Waals surface area contributed by atoms with Crippen LogP contribution in [0.4, 0.5) is 13.2 Å². The van der Waals surface area contributed by atoms with Crippen molar-refractivity contribution in [1.82, 2.24) is 0 Å². The highest BCUT2D eigenvalue weighted by atomic mass is 19.4. The lowest BCUT2D eigenvalue weighted by Gasteiger charge is -2.07. The summed E-state index contributed by atoms with van der Waals surface area (Å²) in [5, 5.41) is 16.9. The van der Waals surface area contributed by atoms with Gasteiger partial charge in [-0.3, -0.25) is 0 Å². The van der Waals surface area contributed by atoms with Gasteiger partial charge in [-0.2, -0.15) is 13.2 Å². The van der Waals surface area contributed by atoms with Gasteiger partial charge in [0.1, 0.15) is 5.75 Å². The number of halogens is 3. The first-order valence-corrected chi connectivity index (χ1v) is 4.81. The van der Waals surface area contributed by atoms with E-state index in [9.17, 15) is 18.0 Å². The fourth-order valence-electron chi connectivity index (χ4n) is 0.786. The van der Waals surface area contributed by atoms with Crippen molar-refractivity contribution in [1.29, 1.82) is 0 Å². The van der Waals surface area contributed by atoms with Gasteiger partial charge in [-0.15, -0.1) is 0 Å². The summed E-state index contributed by atoms with van der Waals surface area (Å²) in [4.78, 5) is 9.60. The van der Waals surface area contributed by atoms with E-state index < -0.39 is 17.7 Å². The largest absolute Gasteiger partial charge is 0.508 e. The van der Waals surface area contributed by atoms with Crippen molar-refractivity contribution in [2.24, 2.45) is 0 Å². The fraction of sp³-hybridized carbons (Fsp3) is 0.250. The molecule has 0 amide bonds. The molecule has 0 spiro atoms. The van der Waals surface area contributed by atoms with Crippen LogP contribution in [-0.2, 0) is 11.0 Å². The van der Waals surface area contributed by atoms with Gasteiger partial charge >= 0.3 is 12.1 Å². The number of benzene rings is 1. The zero-order chi connectivity index (χ0) is 14.5. The van der Waals surface area contributed by atoms with Crippen LogP contribution in [0.2, 0.25) is 0 Å². The third-order valence-corrected chi connectivity index (χ3v) is 1.90. The molecule has 1 aromatic rings. The molecule has 0 aliphatic carbocycles. The zero-order valence-corrected chi connectivity index (χ0v) is 9.88. The average molecular weight is 262 g/mol. The number of hydrogen-bond donors (Lipinski definition) is 2. The van der Waals surface area contributed by atoms with E-state index in [0.717, 1.165) is 12.1 Å². The van der Waals surface area contributed by atoms with Crippen molar-refractivity contribution in [3.8, 4) is 5.75 Å².